The Balaban J connectivity index is 1.59. The van der Waals surface area contributed by atoms with Gasteiger partial charge >= 0.3 is 0 Å². The Kier molecular flexibility index (Phi) is 5.07. The number of amides is 2. The van der Waals surface area contributed by atoms with Gasteiger partial charge < -0.3 is 4.74 Å². The molecule has 2 heterocycles. The molecule has 5 rings (SSSR count). The van der Waals surface area contributed by atoms with E-state index in [9.17, 15) is 14.0 Å². The fourth-order valence-corrected chi connectivity index (χ4v) is 4.37. The lowest BCUT2D eigenvalue weighted by Gasteiger charge is -2.29. The Hall–Kier alpha value is -3.42. The van der Waals surface area contributed by atoms with Crippen molar-refractivity contribution in [1.29, 1.82) is 0 Å². The SMILES string of the molecule is COc1cccc([C@H]2[C@H]3C(=O)N(c4ccc(Cl)c(F)c4)C(=O)[C@@H]3ON2c2ccccc2)c1. The van der Waals surface area contributed by atoms with Gasteiger partial charge in [-0.1, -0.05) is 41.9 Å². The predicted molar refractivity (Wildman–Crippen MR) is 117 cm³/mol. The molecule has 0 aliphatic carbocycles. The highest BCUT2D eigenvalue weighted by molar-refractivity contribution is 6.31. The second-order valence-corrected chi connectivity index (χ2v) is 7.95. The van der Waals surface area contributed by atoms with Gasteiger partial charge in [0, 0.05) is 0 Å². The summed E-state index contributed by atoms with van der Waals surface area (Å²) in [6.45, 7) is 0. The van der Waals surface area contributed by atoms with Crippen LogP contribution < -0.4 is 14.7 Å². The number of ether oxygens (including phenoxy) is 1. The van der Waals surface area contributed by atoms with Crippen LogP contribution >= 0.6 is 11.6 Å². The Labute approximate surface area is 188 Å². The Morgan fingerprint density at radius 1 is 0.938 bits per heavy atom. The van der Waals surface area contributed by atoms with Gasteiger partial charge in [0.2, 0.25) is 5.91 Å². The molecular weight excluding hydrogens is 435 g/mol. The van der Waals surface area contributed by atoms with Crippen molar-refractivity contribution in [2.24, 2.45) is 5.92 Å². The van der Waals surface area contributed by atoms with Gasteiger partial charge in [-0.25, -0.2) is 14.4 Å². The van der Waals surface area contributed by atoms with Crippen LogP contribution in [0.1, 0.15) is 11.6 Å². The van der Waals surface area contributed by atoms with Crippen LogP contribution in [0.15, 0.2) is 72.8 Å². The van der Waals surface area contributed by atoms with Gasteiger partial charge in [-0.2, -0.15) is 0 Å². The minimum Gasteiger partial charge on any atom is -0.497 e. The highest BCUT2D eigenvalue weighted by Crippen LogP contribution is 2.48. The van der Waals surface area contributed by atoms with Crippen LogP contribution in [-0.4, -0.2) is 25.0 Å². The van der Waals surface area contributed by atoms with Crippen LogP contribution in [0.2, 0.25) is 5.02 Å². The third-order valence-electron chi connectivity index (χ3n) is 5.72. The van der Waals surface area contributed by atoms with Crippen LogP contribution in [0.3, 0.4) is 0 Å². The van der Waals surface area contributed by atoms with Gasteiger partial charge in [-0.3, -0.25) is 14.4 Å². The fourth-order valence-electron chi connectivity index (χ4n) is 4.26. The van der Waals surface area contributed by atoms with E-state index in [1.54, 1.807) is 18.2 Å². The van der Waals surface area contributed by atoms with E-state index in [-0.39, 0.29) is 10.7 Å². The second kappa shape index (κ2) is 7.93. The quantitative estimate of drug-likeness (QED) is 0.544. The molecule has 2 saturated heterocycles. The number of nitrogens with zero attached hydrogens (tertiary/aromatic N) is 2. The Morgan fingerprint density at radius 3 is 2.44 bits per heavy atom. The molecule has 2 fully saturated rings. The van der Waals surface area contributed by atoms with Crippen molar-refractivity contribution in [1.82, 2.24) is 0 Å². The van der Waals surface area contributed by atoms with Crippen molar-refractivity contribution in [2.45, 2.75) is 12.1 Å². The Morgan fingerprint density at radius 2 is 1.72 bits per heavy atom. The third kappa shape index (κ3) is 3.21. The summed E-state index contributed by atoms with van der Waals surface area (Å²) in [5.41, 5.74) is 1.58. The largest absolute Gasteiger partial charge is 0.497 e. The van der Waals surface area contributed by atoms with Crippen LogP contribution in [0.25, 0.3) is 0 Å². The zero-order valence-electron chi connectivity index (χ0n) is 16.9. The van der Waals surface area contributed by atoms with Crippen molar-refractivity contribution < 1.29 is 23.6 Å². The summed E-state index contributed by atoms with van der Waals surface area (Å²) in [7, 11) is 1.56. The number of hydrogen-bond acceptors (Lipinski definition) is 5. The van der Waals surface area contributed by atoms with E-state index in [4.69, 9.17) is 21.2 Å². The summed E-state index contributed by atoms with van der Waals surface area (Å²) >= 11 is 5.77. The first kappa shape index (κ1) is 20.5. The average molecular weight is 453 g/mol. The number of carbonyl (C=O) groups excluding carboxylic acids is 2. The molecule has 32 heavy (non-hydrogen) atoms. The maximum atomic E-state index is 14.1. The van der Waals surface area contributed by atoms with Crippen LogP contribution in [-0.2, 0) is 14.4 Å². The van der Waals surface area contributed by atoms with Gasteiger partial charge in [0.1, 0.15) is 17.5 Å². The van der Waals surface area contributed by atoms with Crippen molar-refractivity contribution >= 4 is 34.8 Å². The molecule has 6 nitrogen and oxygen atoms in total. The molecule has 0 radical (unpaired) electrons. The number of halogens is 2. The number of benzene rings is 3. The number of imide groups is 1. The minimum absolute atomic E-state index is 0.0891. The monoisotopic (exact) mass is 452 g/mol. The van der Waals surface area contributed by atoms with Crippen molar-refractivity contribution in [3.8, 4) is 5.75 Å². The fraction of sp³-hybridized carbons (Fsp3) is 0.167. The molecule has 0 bridgehead atoms. The third-order valence-corrected chi connectivity index (χ3v) is 6.03. The smallest absolute Gasteiger partial charge is 0.266 e. The maximum absolute atomic E-state index is 14.1. The number of methoxy groups -OCH3 is 1. The first-order valence-electron chi connectivity index (χ1n) is 9.97. The van der Waals surface area contributed by atoms with E-state index in [0.29, 0.717) is 11.4 Å². The van der Waals surface area contributed by atoms with Gasteiger partial charge in [-0.05, 0) is 48.0 Å². The van der Waals surface area contributed by atoms with Gasteiger partial charge in [0.15, 0.2) is 6.10 Å². The molecule has 0 aromatic heterocycles. The van der Waals surface area contributed by atoms with E-state index < -0.39 is 35.7 Å². The van der Waals surface area contributed by atoms with Gasteiger partial charge in [0.25, 0.3) is 5.91 Å². The maximum Gasteiger partial charge on any atom is 0.266 e. The number of hydrogen-bond donors (Lipinski definition) is 0. The number of hydroxylamine groups is 1. The molecule has 0 N–H and O–H groups in total. The number of rotatable bonds is 4. The van der Waals surface area contributed by atoms with Crippen LogP contribution in [0.5, 0.6) is 5.75 Å². The lowest BCUT2D eigenvalue weighted by Crippen LogP contribution is -2.37. The number of para-hydroxylation sites is 1. The normalized spacial score (nSPS) is 22.4. The predicted octanol–water partition coefficient (Wildman–Crippen LogP) is 4.54. The van der Waals surface area contributed by atoms with E-state index >= 15 is 0 Å². The van der Waals surface area contributed by atoms with E-state index in [1.807, 2.05) is 48.5 Å². The lowest BCUT2D eigenvalue weighted by molar-refractivity contribution is -0.126. The molecular formula is C24H18ClFN2O4. The first-order valence-corrected chi connectivity index (χ1v) is 10.4. The van der Waals surface area contributed by atoms with Gasteiger partial charge in [-0.15, -0.1) is 0 Å². The molecule has 3 aromatic rings. The molecule has 3 atom stereocenters. The minimum atomic E-state index is -1.04. The van der Waals surface area contributed by atoms with Crippen molar-refractivity contribution in [2.75, 3.05) is 17.1 Å². The molecule has 3 aromatic carbocycles. The standard InChI is InChI=1S/C24H18ClFN2O4/c1-31-17-9-5-6-14(12-17)21-20-22(32-28(21)15-7-3-2-4-8-15)24(30)27(23(20)29)16-10-11-18(25)19(26)13-16/h2-13,20-22H,1H3/t20-,21+,22-/m1/s1. The summed E-state index contributed by atoms with van der Waals surface area (Å²) in [6, 6.07) is 19.8. The Bertz CT molecular complexity index is 1210. The molecule has 2 aliphatic heterocycles. The summed E-state index contributed by atoms with van der Waals surface area (Å²) in [5, 5.41) is 1.51. The molecule has 2 amide bonds. The van der Waals surface area contributed by atoms with Crippen LogP contribution in [0.4, 0.5) is 15.8 Å². The van der Waals surface area contributed by atoms with Gasteiger partial charge in [0.05, 0.1) is 29.5 Å². The zero-order chi connectivity index (χ0) is 22.4. The number of fused-ring (bicyclic) bond motifs is 1. The summed E-state index contributed by atoms with van der Waals surface area (Å²) < 4.78 is 19.4. The molecule has 0 saturated carbocycles. The van der Waals surface area contributed by atoms with E-state index in [2.05, 4.69) is 0 Å². The molecule has 0 unspecified atom stereocenters. The second-order valence-electron chi connectivity index (χ2n) is 7.54. The lowest BCUT2D eigenvalue weighted by atomic mass is 9.90. The summed E-state index contributed by atoms with van der Waals surface area (Å²) in [6.07, 6.45) is -1.04. The molecule has 0 spiro atoms. The number of anilines is 2. The van der Waals surface area contributed by atoms with Crippen molar-refractivity contribution in [3.05, 3.63) is 89.2 Å². The highest BCUT2D eigenvalue weighted by atomic mass is 35.5. The zero-order valence-corrected chi connectivity index (χ0v) is 17.7. The first-order chi connectivity index (χ1) is 15.5. The summed E-state index contributed by atoms with van der Waals surface area (Å²) in [4.78, 5) is 33.8. The van der Waals surface area contributed by atoms with Crippen molar-refractivity contribution in [3.63, 3.8) is 0 Å². The topological polar surface area (TPSA) is 59.1 Å². The van der Waals surface area contributed by atoms with Crippen LogP contribution in [0, 0.1) is 11.7 Å². The average Bonchev–Trinajstić information content (AvgIpc) is 3.32. The molecule has 2 aliphatic rings. The molecule has 8 heteroatoms. The summed E-state index contributed by atoms with van der Waals surface area (Å²) in [5.74, 6) is -1.93. The van der Waals surface area contributed by atoms with E-state index in [1.165, 1.54) is 12.1 Å². The molecule has 162 valence electrons. The van der Waals surface area contributed by atoms with E-state index in [0.717, 1.165) is 16.5 Å². The highest BCUT2D eigenvalue weighted by Gasteiger charge is 2.60. The number of carbonyl (C=O) groups is 2.